The predicted octanol–water partition coefficient (Wildman–Crippen LogP) is 3.36. The molecule has 0 saturated heterocycles. The Labute approximate surface area is 285 Å². The van der Waals surface area contributed by atoms with Gasteiger partial charge in [0.2, 0.25) is 0 Å². The smallest absolute Gasteiger partial charge is 0.274 e. The molecule has 0 atom stereocenters. The highest BCUT2D eigenvalue weighted by atomic mass is 35.5. The highest BCUT2D eigenvalue weighted by molar-refractivity contribution is 6.34. The summed E-state index contributed by atoms with van der Waals surface area (Å²) in [5.74, 6) is -0.559. The predicted molar refractivity (Wildman–Crippen MR) is 185 cm³/mol. The van der Waals surface area contributed by atoms with Crippen LogP contribution in [-0.2, 0) is 19.5 Å². The molecule has 0 aliphatic rings. The zero-order valence-corrected chi connectivity index (χ0v) is 27.7. The topological polar surface area (TPSA) is 159 Å². The quantitative estimate of drug-likeness (QED) is 0.0990. The van der Waals surface area contributed by atoms with Crippen molar-refractivity contribution in [3.63, 3.8) is 0 Å². The molecule has 1 amide bonds. The molecule has 0 radical (unpaired) electrons. The second-order valence-electron chi connectivity index (χ2n) is 11.4. The third-order valence-corrected chi connectivity index (χ3v) is 8.39. The van der Waals surface area contributed by atoms with E-state index >= 15 is 0 Å². The van der Waals surface area contributed by atoms with Gasteiger partial charge >= 0.3 is 0 Å². The first-order chi connectivity index (χ1) is 23.3. The minimum absolute atomic E-state index is 0.0190. The molecule has 0 aliphatic heterocycles. The van der Waals surface area contributed by atoms with Gasteiger partial charge in [-0.25, -0.2) is 0 Å². The number of ketones is 1. The minimum atomic E-state index is -0.372. The summed E-state index contributed by atoms with van der Waals surface area (Å²) in [7, 11) is 0. The Morgan fingerprint density at radius 1 is 0.708 bits per heavy atom. The van der Waals surface area contributed by atoms with Gasteiger partial charge < -0.3 is 25.7 Å². The number of carbonyl (C=O) groups excluding carboxylic acids is 2. The molecule has 2 aromatic carbocycles. The van der Waals surface area contributed by atoms with E-state index in [1.807, 2.05) is 53.1 Å². The normalized spacial score (nSPS) is 11.3. The first-order valence-corrected chi connectivity index (χ1v) is 16.2. The van der Waals surface area contributed by atoms with Gasteiger partial charge in [0, 0.05) is 69.3 Å². The minimum Gasteiger partial charge on any atom is -0.395 e. The number of aliphatic hydroxyl groups excluding tert-OH is 4. The van der Waals surface area contributed by atoms with E-state index in [0.29, 0.717) is 61.2 Å². The number of aliphatic hydroxyl groups is 4. The maximum Gasteiger partial charge on any atom is 0.274 e. The van der Waals surface area contributed by atoms with Crippen molar-refractivity contribution < 1.29 is 30.0 Å². The van der Waals surface area contributed by atoms with Gasteiger partial charge in [0.15, 0.2) is 5.78 Å². The van der Waals surface area contributed by atoms with Crippen molar-refractivity contribution in [2.24, 2.45) is 0 Å². The lowest BCUT2D eigenvalue weighted by molar-refractivity contribution is 0.0986. The molecule has 254 valence electrons. The average Bonchev–Trinajstić information content (AvgIpc) is 3.08. The third kappa shape index (κ3) is 9.97. The lowest BCUT2D eigenvalue weighted by atomic mass is 9.95. The summed E-state index contributed by atoms with van der Waals surface area (Å²) in [5, 5.41) is 40.4. The van der Waals surface area contributed by atoms with Gasteiger partial charge in [-0.3, -0.25) is 29.4 Å². The summed E-state index contributed by atoms with van der Waals surface area (Å²) in [6.07, 6.45) is 3.30. The number of Topliss-reactive ketones (excluding diaryl/α,β-unsaturated/α-hetero) is 1. The van der Waals surface area contributed by atoms with E-state index < -0.39 is 0 Å². The van der Waals surface area contributed by atoms with Crippen LogP contribution in [0.4, 0.5) is 5.69 Å². The number of rotatable bonds is 18. The maximum absolute atomic E-state index is 13.2. The Morgan fingerprint density at radius 2 is 1.23 bits per heavy atom. The van der Waals surface area contributed by atoms with E-state index in [4.69, 9.17) is 11.6 Å². The second kappa shape index (κ2) is 18.5. The largest absolute Gasteiger partial charge is 0.395 e. The molecule has 0 aliphatic carbocycles. The van der Waals surface area contributed by atoms with Crippen molar-refractivity contribution in [2.45, 2.75) is 26.4 Å². The Kier molecular flexibility index (Phi) is 14.1. The molecule has 4 aromatic rings. The molecule has 0 bridgehead atoms. The number of nitrogens with one attached hydrogen (secondary N) is 1. The van der Waals surface area contributed by atoms with Gasteiger partial charge in [-0.1, -0.05) is 54.1 Å². The lowest BCUT2D eigenvalue weighted by Crippen LogP contribution is -2.29. The van der Waals surface area contributed by atoms with Gasteiger partial charge in [0.05, 0.1) is 31.5 Å². The van der Waals surface area contributed by atoms with Crippen LogP contribution in [0.25, 0.3) is 11.1 Å². The monoisotopic (exact) mass is 675 g/mol. The van der Waals surface area contributed by atoms with Crippen LogP contribution in [0.2, 0.25) is 5.02 Å². The first kappa shape index (κ1) is 36.8. The van der Waals surface area contributed by atoms with Crippen molar-refractivity contribution in [1.29, 1.82) is 0 Å². The number of anilines is 1. The van der Waals surface area contributed by atoms with E-state index in [1.165, 1.54) is 0 Å². The summed E-state index contributed by atoms with van der Waals surface area (Å²) in [6.45, 7) is 4.49. The number of pyridine rings is 2. The van der Waals surface area contributed by atoms with Crippen LogP contribution in [-0.4, -0.2) is 104 Å². The fourth-order valence-corrected chi connectivity index (χ4v) is 5.69. The number of amides is 1. The van der Waals surface area contributed by atoms with E-state index in [9.17, 15) is 30.0 Å². The number of nitrogens with zero attached hydrogens (tertiary/aromatic N) is 4. The van der Waals surface area contributed by atoms with Crippen molar-refractivity contribution in [3.05, 3.63) is 112 Å². The molecular formula is C36H42ClN5O6. The lowest BCUT2D eigenvalue weighted by Gasteiger charge is -2.20. The summed E-state index contributed by atoms with van der Waals surface area (Å²) in [4.78, 5) is 38.8. The van der Waals surface area contributed by atoms with Gasteiger partial charge in [0.1, 0.15) is 11.4 Å². The third-order valence-electron chi connectivity index (χ3n) is 7.95. The molecule has 4 rings (SSSR count). The number of carbonyl (C=O) groups is 2. The molecule has 48 heavy (non-hydrogen) atoms. The van der Waals surface area contributed by atoms with Crippen LogP contribution in [0.15, 0.2) is 73.1 Å². The zero-order chi connectivity index (χ0) is 34.5. The summed E-state index contributed by atoms with van der Waals surface area (Å²) in [5.41, 5.74) is 5.85. The molecule has 0 unspecified atom stereocenters. The molecule has 2 heterocycles. The van der Waals surface area contributed by atoms with E-state index in [1.54, 1.807) is 36.7 Å². The number of hydrogen-bond donors (Lipinski definition) is 5. The van der Waals surface area contributed by atoms with E-state index in [0.717, 1.165) is 27.8 Å². The van der Waals surface area contributed by atoms with Crippen LogP contribution in [0, 0.1) is 6.92 Å². The number of aromatic nitrogens is 2. The zero-order valence-electron chi connectivity index (χ0n) is 27.0. The number of halogens is 1. The van der Waals surface area contributed by atoms with Crippen LogP contribution in [0.5, 0.6) is 0 Å². The summed E-state index contributed by atoms with van der Waals surface area (Å²) in [6, 6.07) is 18.0. The molecule has 12 heteroatoms. The SMILES string of the molecule is Cc1c(NC(=O)c2ccc(CN(CCO)CCO)cn2)cccc1-c1cccc(CC(=O)c2ccc(CN(CCO)CCO)cn2)c1Cl. The van der Waals surface area contributed by atoms with Crippen LogP contribution in [0.3, 0.4) is 0 Å². The van der Waals surface area contributed by atoms with Gasteiger partial charge in [-0.05, 0) is 52.9 Å². The molecule has 0 spiro atoms. The highest BCUT2D eigenvalue weighted by Crippen LogP contribution is 2.36. The molecule has 11 nitrogen and oxygen atoms in total. The molecule has 2 aromatic heterocycles. The van der Waals surface area contributed by atoms with Crippen LogP contribution >= 0.6 is 11.6 Å². The maximum atomic E-state index is 13.2. The Balaban J connectivity index is 1.45. The highest BCUT2D eigenvalue weighted by Gasteiger charge is 2.18. The standard InChI is InChI=1S/C36H42ClN5O6/c1-25-29(5-3-7-31(25)40-36(48)33-11-9-27(22-39-33)24-42(14-18-45)15-19-46)30-6-2-4-28(35(30)37)20-34(47)32-10-8-26(21-38-32)23-41(12-16-43)13-17-44/h2-11,21-22,43-46H,12-20,23-24H2,1H3,(H,40,48). The van der Waals surface area contributed by atoms with Gasteiger partial charge in [0.25, 0.3) is 5.91 Å². The molecular weight excluding hydrogens is 634 g/mol. The van der Waals surface area contributed by atoms with E-state index in [-0.39, 0.29) is 50.2 Å². The summed E-state index contributed by atoms with van der Waals surface area (Å²) >= 11 is 6.89. The Hall–Kier alpha value is -4.07. The van der Waals surface area contributed by atoms with Gasteiger partial charge in [-0.15, -0.1) is 0 Å². The fraction of sp³-hybridized carbons (Fsp3) is 0.333. The van der Waals surface area contributed by atoms with Crippen molar-refractivity contribution >= 4 is 29.0 Å². The van der Waals surface area contributed by atoms with Crippen LogP contribution < -0.4 is 5.32 Å². The Bertz CT molecular complexity index is 1520. The number of hydrogen-bond acceptors (Lipinski definition) is 10. The summed E-state index contributed by atoms with van der Waals surface area (Å²) < 4.78 is 0. The van der Waals surface area contributed by atoms with Crippen molar-refractivity contribution in [2.75, 3.05) is 57.9 Å². The number of benzene rings is 2. The Morgan fingerprint density at radius 3 is 1.75 bits per heavy atom. The van der Waals surface area contributed by atoms with E-state index in [2.05, 4.69) is 15.3 Å². The van der Waals surface area contributed by atoms with Gasteiger partial charge in [-0.2, -0.15) is 0 Å². The second-order valence-corrected chi connectivity index (χ2v) is 11.7. The molecule has 0 saturated carbocycles. The average molecular weight is 676 g/mol. The van der Waals surface area contributed by atoms with Crippen molar-refractivity contribution in [3.8, 4) is 11.1 Å². The fourth-order valence-electron chi connectivity index (χ4n) is 5.39. The first-order valence-electron chi connectivity index (χ1n) is 15.8. The molecule has 5 N–H and O–H groups in total. The van der Waals surface area contributed by atoms with Crippen LogP contribution in [0.1, 0.15) is 43.2 Å². The van der Waals surface area contributed by atoms with Crippen molar-refractivity contribution in [1.82, 2.24) is 19.8 Å². The molecule has 0 fully saturated rings.